The maximum atomic E-state index is 13.1. The fourth-order valence-corrected chi connectivity index (χ4v) is 2.69. The molecule has 2 nitrogen and oxygen atoms in total. The van der Waals surface area contributed by atoms with Crippen molar-refractivity contribution in [3.05, 3.63) is 58.0 Å². The van der Waals surface area contributed by atoms with E-state index in [9.17, 15) is 4.39 Å². The van der Waals surface area contributed by atoms with E-state index in [0.29, 0.717) is 0 Å². The van der Waals surface area contributed by atoms with Crippen molar-refractivity contribution in [3.63, 3.8) is 0 Å². The van der Waals surface area contributed by atoms with Crippen LogP contribution < -0.4 is 11.3 Å². The predicted molar refractivity (Wildman–Crippen MR) is 73.9 cm³/mol. The SMILES string of the molecule is NNC(CCc1cccs1)Cc1cccc(F)c1. The average Bonchev–Trinajstić information content (AvgIpc) is 2.87. The molecule has 0 saturated carbocycles. The number of aryl methyl sites for hydroxylation is 1. The highest BCUT2D eigenvalue weighted by Crippen LogP contribution is 2.14. The summed E-state index contributed by atoms with van der Waals surface area (Å²) in [7, 11) is 0. The van der Waals surface area contributed by atoms with Crippen LogP contribution in [0, 0.1) is 5.82 Å². The van der Waals surface area contributed by atoms with Crippen molar-refractivity contribution in [2.24, 2.45) is 5.84 Å². The van der Waals surface area contributed by atoms with Crippen molar-refractivity contribution >= 4 is 11.3 Å². The standard InChI is InChI=1S/C14H17FN2S/c15-12-4-1-3-11(9-12)10-13(17-16)6-7-14-5-2-8-18-14/h1-5,8-9,13,17H,6-7,10,16H2. The average molecular weight is 264 g/mol. The molecule has 0 fully saturated rings. The van der Waals surface area contributed by atoms with Crippen molar-refractivity contribution in [2.45, 2.75) is 25.3 Å². The molecule has 2 aromatic rings. The van der Waals surface area contributed by atoms with Crippen LogP contribution in [-0.4, -0.2) is 6.04 Å². The Morgan fingerprint density at radius 2 is 2.17 bits per heavy atom. The fraction of sp³-hybridized carbons (Fsp3) is 0.286. The molecule has 4 heteroatoms. The topological polar surface area (TPSA) is 38.0 Å². The summed E-state index contributed by atoms with van der Waals surface area (Å²) < 4.78 is 13.1. The summed E-state index contributed by atoms with van der Waals surface area (Å²) in [5, 5.41) is 2.08. The number of nitrogens with one attached hydrogen (secondary N) is 1. The molecular formula is C14H17FN2S. The number of rotatable bonds is 6. The van der Waals surface area contributed by atoms with E-state index in [4.69, 9.17) is 5.84 Å². The minimum Gasteiger partial charge on any atom is -0.271 e. The van der Waals surface area contributed by atoms with Gasteiger partial charge in [0.2, 0.25) is 0 Å². The van der Waals surface area contributed by atoms with Gasteiger partial charge in [-0.25, -0.2) is 4.39 Å². The van der Waals surface area contributed by atoms with Crippen LogP contribution in [0.25, 0.3) is 0 Å². The van der Waals surface area contributed by atoms with Gasteiger partial charge in [0.15, 0.2) is 0 Å². The normalized spacial score (nSPS) is 12.6. The van der Waals surface area contributed by atoms with Crippen LogP contribution >= 0.6 is 11.3 Å². The van der Waals surface area contributed by atoms with Crippen LogP contribution in [0.15, 0.2) is 41.8 Å². The number of thiophene rings is 1. The van der Waals surface area contributed by atoms with Gasteiger partial charge in [-0.2, -0.15) is 0 Å². The molecule has 0 saturated heterocycles. The molecule has 0 aliphatic carbocycles. The third-order valence-corrected chi connectivity index (χ3v) is 3.86. The molecule has 1 heterocycles. The first kappa shape index (κ1) is 13.2. The summed E-state index contributed by atoms with van der Waals surface area (Å²) in [6.45, 7) is 0. The lowest BCUT2D eigenvalue weighted by molar-refractivity contribution is 0.491. The molecule has 2 rings (SSSR count). The maximum absolute atomic E-state index is 13.1. The second kappa shape index (κ2) is 6.64. The number of halogens is 1. The zero-order valence-electron chi connectivity index (χ0n) is 10.1. The third kappa shape index (κ3) is 3.91. The molecular weight excluding hydrogens is 247 g/mol. The zero-order valence-corrected chi connectivity index (χ0v) is 10.9. The van der Waals surface area contributed by atoms with E-state index in [-0.39, 0.29) is 11.9 Å². The molecule has 1 aromatic carbocycles. The first-order valence-electron chi connectivity index (χ1n) is 6.01. The number of hydrogen-bond acceptors (Lipinski definition) is 3. The van der Waals surface area contributed by atoms with Gasteiger partial charge in [-0.15, -0.1) is 11.3 Å². The Labute approximate surface area is 111 Å². The van der Waals surface area contributed by atoms with E-state index in [1.165, 1.54) is 10.9 Å². The summed E-state index contributed by atoms with van der Waals surface area (Å²) in [6, 6.07) is 11.0. The molecule has 3 N–H and O–H groups in total. The smallest absolute Gasteiger partial charge is 0.123 e. The van der Waals surface area contributed by atoms with Crippen LogP contribution in [0.5, 0.6) is 0 Å². The molecule has 0 aliphatic rings. The second-order valence-corrected chi connectivity index (χ2v) is 5.35. The van der Waals surface area contributed by atoms with E-state index in [1.54, 1.807) is 23.5 Å². The lowest BCUT2D eigenvalue weighted by Crippen LogP contribution is -2.37. The number of benzene rings is 1. The van der Waals surface area contributed by atoms with E-state index in [2.05, 4.69) is 22.9 Å². The third-order valence-electron chi connectivity index (χ3n) is 2.93. The molecule has 1 unspecified atom stereocenters. The molecule has 0 radical (unpaired) electrons. The van der Waals surface area contributed by atoms with Gasteiger partial charge in [-0.05, 0) is 48.4 Å². The fourth-order valence-electron chi connectivity index (χ4n) is 1.96. The first-order chi connectivity index (χ1) is 8.78. The lowest BCUT2D eigenvalue weighted by atomic mass is 10.0. The number of hydrazine groups is 1. The van der Waals surface area contributed by atoms with Gasteiger partial charge in [0, 0.05) is 10.9 Å². The van der Waals surface area contributed by atoms with Crippen LogP contribution in [0.4, 0.5) is 4.39 Å². The molecule has 96 valence electrons. The Kier molecular flexibility index (Phi) is 4.87. The van der Waals surface area contributed by atoms with Gasteiger partial charge in [0.1, 0.15) is 5.82 Å². The van der Waals surface area contributed by atoms with Crippen molar-refractivity contribution in [3.8, 4) is 0 Å². The second-order valence-electron chi connectivity index (χ2n) is 4.32. The summed E-state index contributed by atoms with van der Waals surface area (Å²) in [4.78, 5) is 1.36. The number of nitrogens with two attached hydrogens (primary N) is 1. The molecule has 0 aliphatic heterocycles. The Morgan fingerprint density at radius 1 is 1.28 bits per heavy atom. The largest absolute Gasteiger partial charge is 0.271 e. The Hall–Kier alpha value is -1.23. The molecule has 1 atom stereocenters. The van der Waals surface area contributed by atoms with E-state index < -0.39 is 0 Å². The van der Waals surface area contributed by atoms with Crippen molar-refractivity contribution in [1.29, 1.82) is 0 Å². The maximum Gasteiger partial charge on any atom is 0.123 e. The minimum atomic E-state index is -0.193. The van der Waals surface area contributed by atoms with Gasteiger partial charge in [-0.3, -0.25) is 11.3 Å². The molecule has 18 heavy (non-hydrogen) atoms. The Morgan fingerprint density at radius 3 is 2.83 bits per heavy atom. The molecule has 0 spiro atoms. The van der Waals surface area contributed by atoms with Gasteiger partial charge < -0.3 is 0 Å². The quantitative estimate of drug-likeness (QED) is 0.622. The summed E-state index contributed by atoms with van der Waals surface area (Å²) >= 11 is 1.76. The van der Waals surface area contributed by atoms with Crippen LogP contribution in [0.1, 0.15) is 16.9 Å². The van der Waals surface area contributed by atoms with Crippen LogP contribution in [0.2, 0.25) is 0 Å². The summed E-state index contributed by atoms with van der Waals surface area (Å²) in [5.74, 6) is 5.36. The predicted octanol–water partition coefficient (Wildman–Crippen LogP) is 2.89. The highest BCUT2D eigenvalue weighted by molar-refractivity contribution is 7.09. The van der Waals surface area contributed by atoms with Gasteiger partial charge in [0.05, 0.1) is 0 Å². The van der Waals surface area contributed by atoms with Crippen LogP contribution in [0.3, 0.4) is 0 Å². The zero-order chi connectivity index (χ0) is 12.8. The molecule has 0 bridgehead atoms. The Balaban J connectivity index is 1.89. The summed E-state index contributed by atoms with van der Waals surface area (Å²) in [6.07, 6.45) is 2.70. The van der Waals surface area contributed by atoms with Crippen molar-refractivity contribution < 1.29 is 4.39 Å². The van der Waals surface area contributed by atoms with Crippen LogP contribution in [-0.2, 0) is 12.8 Å². The lowest BCUT2D eigenvalue weighted by Gasteiger charge is -2.15. The molecule has 0 amide bonds. The van der Waals surface area contributed by atoms with E-state index >= 15 is 0 Å². The van der Waals surface area contributed by atoms with Gasteiger partial charge >= 0.3 is 0 Å². The van der Waals surface area contributed by atoms with E-state index in [1.807, 2.05) is 6.07 Å². The monoisotopic (exact) mass is 264 g/mol. The highest BCUT2D eigenvalue weighted by atomic mass is 32.1. The number of hydrogen-bond donors (Lipinski definition) is 2. The Bertz CT molecular complexity index is 470. The summed E-state index contributed by atoms with van der Waals surface area (Å²) in [5.41, 5.74) is 3.79. The van der Waals surface area contributed by atoms with E-state index in [0.717, 1.165) is 24.8 Å². The molecule has 1 aromatic heterocycles. The highest BCUT2D eigenvalue weighted by Gasteiger charge is 2.09. The first-order valence-corrected chi connectivity index (χ1v) is 6.89. The van der Waals surface area contributed by atoms with Gasteiger partial charge in [-0.1, -0.05) is 18.2 Å². The van der Waals surface area contributed by atoms with Gasteiger partial charge in [0.25, 0.3) is 0 Å². The van der Waals surface area contributed by atoms with Crippen molar-refractivity contribution in [1.82, 2.24) is 5.43 Å². The minimum absolute atomic E-state index is 0.175. The van der Waals surface area contributed by atoms with Crippen molar-refractivity contribution in [2.75, 3.05) is 0 Å².